The number of aliphatic imine (C=N–C) groups is 1. The van der Waals surface area contributed by atoms with Crippen LogP contribution in [0, 0.1) is 0 Å². The van der Waals surface area contributed by atoms with Crippen LogP contribution in [0.5, 0.6) is 5.75 Å². The molecule has 0 saturated heterocycles. The Kier molecular flexibility index (Phi) is 4.35. The van der Waals surface area contributed by atoms with Gasteiger partial charge in [0.1, 0.15) is 5.75 Å². The van der Waals surface area contributed by atoms with Crippen LogP contribution in [0.25, 0.3) is 10.8 Å². The number of hydrogen-bond acceptors (Lipinski definition) is 2. The van der Waals surface area contributed by atoms with Gasteiger partial charge in [0.2, 0.25) is 0 Å². The highest BCUT2D eigenvalue weighted by molar-refractivity contribution is 5.91. The number of fused-ring (bicyclic) bond motifs is 1. The van der Waals surface area contributed by atoms with Crippen LogP contribution in [0.2, 0.25) is 0 Å². The van der Waals surface area contributed by atoms with E-state index in [2.05, 4.69) is 36.2 Å². The van der Waals surface area contributed by atoms with Gasteiger partial charge in [-0.1, -0.05) is 31.5 Å². The van der Waals surface area contributed by atoms with Gasteiger partial charge in [-0.25, -0.2) is 0 Å². The Morgan fingerprint density at radius 1 is 1.11 bits per heavy atom. The number of ether oxygens (including phenoxy) is 1. The van der Waals surface area contributed by atoms with Gasteiger partial charge in [0.25, 0.3) is 0 Å². The van der Waals surface area contributed by atoms with Crippen molar-refractivity contribution in [2.45, 2.75) is 19.8 Å². The number of rotatable bonds is 5. The van der Waals surface area contributed by atoms with Crippen LogP contribution < -0.4 is 4.74 Å². The molecule has 0 unspecified atom stereocenters. The molecule has 0 aliphatic carbocycles. The van der Waals surface area contributed by atoms with Crippen LogP contribution in [-0.2, 0) is 0 Å². The Morgan fingerprint density at radius 2 is 1.89 bits per heavy atom. The van der Waals surface area contributed by atoms with Crippen molar-refractivity contribution in [2.24, 2.45) is 4.99 Å². The fourth-order valence-electron chi connectivity index (χ4n) is 1.87. The molecule has 0 bridgehead atoms. The third-order valence-electron chi connectivity index (χ3n) is 2.95. The van der Waals surface area contributed by atoms with Gasteiger partial charge in [-0.15, -0.1) is 0 Å². The summed E-state index contributed by atoms with van der Waals surface area (Å²) >= 11 is 0. The van der Waals surface area contributed by atoms with E-state index in [0.29, 0.717) is 0 Å². The lowest BCUT2D eigenvalue weighted by Gasteiger charge is -2.03. The van der Waals surface area contributed by atoms with Gasteiger partial charge < -0.3 is 4.74 Å². The number of unbranched alkanes of at least 4 members (excludes halogenated alkanes) is 1. The van der Waals surface area contributed by atoms with E-state index < -0.39 is 0 Å². The molecule has 0 fully saturated rings. The molecule has 2 aromatic rings. The molecule has 0 radical (unpaired) electrons. The second kappa shape index (κ2) is 6.20. The van der Waals surface area contributed by atoms with Crippen molar-refractivity contribution in [3.63, 3.8) is 0 Å². The lowest BCUT2D eigenvalue weighted by Crippen LogP contribution is -1.86. The number of benzene rings is 2. The van der Waals surface area contributed by atoms with Crippen LogP contribution in [0.4, 0.5) is 0 Å². The topological polar surface area (TPSA) is 21.6 Å². The molecule has 2 nitrogen and oxygen atoms in total. The van der Waals surface area contributed by atoms with Gasteiger partial charge in [0.05, 0.1) is 7.11 Å². The van der Waals surface area contributed by atoms with E-state index >= 15 is 0 Å². The number of nitrogens with zero attached hydrogens (tertiary/aromatic N) is 1. The van der Waals surface area contributed by atoms with Gasteiger partial charge in [0.15, 0.2) is 0 Å². The van der Waals surface area contributed by atoms with Gasteiger partial charge >= 0.3 is 0 Å². The molecule has 0 aliphatic heterocycles. The highest BCUT2D eigenvalue weighted by atomic mass is 16.5. The summed E-state index contributed by atoms with van der Waals surface area (Å²) in [6.45, 7) is 3.09. The Morgan fingerprint density at radius 3 is 2.67 bits per heavy atom. The van der Waals surface area contributed by atoms with Crippen molar-refractivity contribution in [3.8, 4) is 5.75 Å². The van der Waals surface area contributed by atoms with Crippen LogP contribution >= 0.6 is 0 Å². The first-order valence-corrected chi connectivity index (χ1v) is 6.41. The average molecular weight is 241 g/mol. The maximum atomic E-state index is 5.22. The van der Waals surface area contributed by atoms with Gasteiger partial charge in [-0.3, -0.25) is 4.99 Å². The summed E-state index contributed by atoms with van der Waals surface area (Å²) in [5, 5.41) is 2.41. The zero-order valence-electron chi connectivity index (χ0n) is 11.0. The largest absolute Gasteiger partial charge is 0.497 e. The second-order valence-corrected chi connectivity index (χ2v) is 4.36. The molecule has 2 heteroatoms. The van der Waals surface area contributed by atoms with E-state index in [0.717, 1.165) is 24.3 Å². The predicted molar refractivity (Wildman–Crippen MR) is 77.9 cm³/mol. The molecular weight excluding hydrogens is 222 g/mol. The van der Waals surface area contributed by atoms with E-state index in [1.165, 1.54) is 17.2 Å². The van der Waals surface area contributed by atoms with E-state index in [4.69, 9.17) is 4.74 Å². The third kappa shape index (κ3) is 3.10. The minimum absolute atomic E-state index is 0.895. The summed E-state index contributed by atoms with van der Waals surface area (Å²) in [5.41, 5.74) is 1.16. The molecule has 94 valence electrons. The SMILES string of the molecule is CCCCN=Cc1ccc2cc(OC)ccc2c1. The second-order valence-electron chi connectivity index (χ2n) is 4.36. The Balaban J connectivity index is 2.20. The Hall–Kier alpha value is -1.83. The summed E-state index contributed by atoms with van der Waals surface area (Å²) in [4.78, 5) is 4.42. The molecule has 0 spiro atoms. The van der Waals surface area contributed by atoms with Crippen molar-refractivity contribution in [1.82, 2.24) is 0 Å². The average Bonchev–Trinajstić information content (AvgIpc) is 2.43. The molecule has 0 heterocycles. The quantitative estimate of drug-likeness (QED) is 0.571. The minimum atomic E-state index is 0.895. The molecule has 0 N–H and O–H groups in total. The molecule has 0 aromatic heterocycles. The van der Waals surface area contributed by atoms with E-state index in [9.17, 15) is 0 Å². The van der Waals surface area contributed by atoms with Crippen molar-refractivity contribution in [3.05, 3.63) is 42.0 Å². The van der Waals surface area contributed by atoms with E-state index in [-0.39, 0.29) is 0 Å². The molecule has 0 amide bonds. The van der Waals surface area contributed by atoms with Crippen molar-refractivity contribution >= 4 is 17.0 Å². The van der Waals surface area contributed by atoms with Crippen LogP contribution in [0.15, 0.2) is 41.4 Å². The molecule has 0 aliphatic rings. The van der Waals surface area contributed by atoms with Gasteiger partial charge in [-0.05, 0) is 41.0 Å². The van der Waals surface area contributed by atoms with Crippen molar-refractivity contribution in [2.75, 3.05) is 13.7 Å². The molecule has 0 saturated carbocycles. The van der Waals surface area contributed by atoms with Crippen LogP contribution in [0.1, 0.15) is 25.3 Å². The standard InChI is InChI=1S/C16H19NO/c1-3-4-9-17-12-13-5-6-15-11-16(18-2)8-7-14(15)10-13/h5-8,10-12H,3-4,9H2,1-2H3. The smallest absolute Gasteiger partial charge is 0.119 e. The lowest BCUT2D eigenvalue weighted by molar-refractivity contribution is 0.415. The summed E-state index contributed by atoms with van der Waals surface area (Å²) in [7, 11) is 1.69. The lowest BCUT2D eigenvalue weighted by atomic mass is 10.1. The fraction of sp³-hybridized carbons (Fsp3) is 0.312. The fourth-order valence-corrected chi connectivity index (χ4v) is 1.87. The molecular formula is C16H19NO. The summed E-state index contributed by atoms with van der Waals surface area (Å²) < 4.78 is 5.22. The van der Waals surface area contributed by atoms with Crippen LogP contribution in [0.3, 0.4) is 0 Å². The van der Waals surface area contributed by atoms with Crippen LogP contribution in [-0.4, -0.2) is 19.9 Å². The van der Waals surface area contributed by atoms with Crippen molar-refractivity contribution < 1.29 is 4.74 Å². The van der Waals surface area contributed by atoms with Crippen molar-refractivity contribution in [1.29, 1.82) is 0 Å². The van der Waals surface area contributed by atoms with Gasteiger partial charge in [0, 0.05) is 12.8 Å². The molecule has 2 rings (SSSR count). The zero-order valence-corrected chi connectivity index (χ0v) is 11.0. The first-order valence-electron chi connectivity index (χ1n) is 6.41. The third-order valence-corrected chi connectivity index (χ3v) is 2.95. The first-order chi connectivity index (χ1) is 8.83. The minimum Gasteiger partial charge on any atom is -0.497 e. The monoisotopic (exact) mass is 241 g/mol. The van der Waals surface area contributed by atoms with E-state index in [1.807, 2.05) is 18.3 Å². The predicted octanol–water partition coefficient (Wildman–Crippen LogP) is 4.07. The maximum absolute atomic E-state index is 5.22. The van der Waals surface area contributed by atoms with E-state index in [1.54, 1.807) is 7.11 Å². The summed E-state index contributed by atoms with van der Waals surface area (Å²) in [6.07, 6.45) is 4.30. The summed E-state index contributed by atoms with van der Waals surface area (Å²) in [6, 6.07) is 12.5. The maximum Gasteiger partial charge on any atom is 0.119 e. The normalized spacial score (nSPS) is 11.2. The molecule has 2 aromatic carbocycles. The summed E-state index contributed by atoms with van der Waals surface area (Å²) in [5.74, 6) is 0.895. The Bertz CT molecular complexity index is 546. The molecule has 0 atom stereocenters. The Labute approximate surface area is 108 Å². The zero-order chi connectivity index (χ0) is 12.8. The molecule has 18 heavy (non-hydrogen) atoms. The highest BCUT2D eigenvalue weighted by Crippen LogP contribution is 2.21. The number of hydrogen-bond donors (Lipinski definition) is 0. The number of methoxy groups -OCH3 is 1. The highest BCUT2D eigenvalue weighted by Gasteiger charge is 1.97. The first kappa shape index (κ1) is 12.6. The van der Waals surface area contributed by atoms with Gasteiger partial charge in [-0.2, -0.15) is 0 Å².